The number of para-hydroxylation sites is 2. The lowest BCUT2D eigenvalue weighted by atomic mass is 10.2. The molecule has 5 aromatic rings. The normalized spacial score (nSPS) is 11.5. The fraction of sp³-hybridized carbons (Fsp3) is 0.0833. The van der Waals surface area contributed by atoms with E-state index >= 15 is 0 Å². The summed E-state index contributed by atoms with van der Waals surface area (Å²) in [5.74, 6) is -0.157. The van der Waals surface area contributed by atoms with Gasteiger partial charge in [-0.2, -0.15) is 0 Å². The molecule has 5 rings (SSSR count). The van der Waals surface area contributed by atoms with Gasteiger partial charge in [-0.1, -0.05) is 35.9 Å². The molecule has 2 N–H and O–H groups in total. The van der Waals surface area contributed by atoms with E-state index in [0.717, 1.165) is 31.9 Å². The van der Waals surface area contributed by atoms with E-state index in [9.17, 15) is 9.90 Å². The Morgan fingerprint density at radius 1 is 1.12 bits per heavy atom. The van der Waals surface area contributed by atoms with Gasteiger partial charge in [0.15, 0.2) is 12.3 Å². The van der Waals surface area contributed by atoms with Crippen LogP contribution in [0.3, 0.4) is 0 Å². The van der Waals surface area contributed by atoms with Crippen molar-refractivity contribution in [3.05, 3.63) is 72.3 Å². The smallest absolute Gasteiger partial charge is 0.302 e. The van der Waals surface area contributed by atoms with Gasteiger partial charge in [0, 0.05) is 5.39 Å². The summed E-state index contributed by atoms with van der Waals surface area (Å²) in [6.07, 6.45) is 0. The number of aromatic amines is 1. The minimum absolute atomic E-state index is 0.135. The highest BCUT2D eigenvalue weighted by Gasteiger charge is 2.14. The maximum Gasteiger partial charge on any atom is 0.302 e. The van der Waals surface area contributed by atoms with Gasteiger partial charge in [0.1, 0.15) is 10.8 Å². The number of fused-ring (bicyclic) bond motifs is 2. The van der Waals surface area contributed by atoms with Gasteiger partial charge in [-0.3, -0.25) is 4.79 Å². The number of azo groups is 1. The molecule has 0 unspecified atom stereocenters. The van der Waals surface area contributed by atoms with Crippen molar-refractivity contribution in [2.75, 3.05) is 6.61 Å². The SMILES string of the molecule is Cc1ccc2[nH]c(O)c(N=NC(=O)COc3ccccc3-c3nc4ccccc4s3)c2c1. The predicted molar refractivity (Wildman–Crippen MR) is 125 cm³/mol. The summed E-state index contributed by atoms with van der Waals surface area (Å²) in [5.41, 5.74) is 3.68. The van der Waals surface area contributed by atoms with Gasteiger partial charge >= 0.3 is 5.91 Å². The second kappa shape index (κ2) is 8.24. The van der Waals surface area contributed by atoms with Crippen LogP contribution >= 0.6 is 11.3 Å². The Kier molecular flexibility index (Phi) is 5.12. The van der Waals surface area contributed by atoms with Crippen LogP contribution in [0.15, 0.2) is 77.0 Å². The maximum absolute atomic E-state index is 12.3. The van der Waals surface area contributed by atoms with Crippen molar-refractivity contribution >= 4 is 44.1 Å². The van der Waals surface area contributed by atoms with Crippen LogP contribution in [-0.2, 0) is 4.79 Å². The number of thiazole rings is 1. The number of benzene rings is 3. The number of carbonyl (C=O) groups excluding carboxylic acids is 1. The topological polar surface area (TPSA) is 99.9 Å². The molecule has 1 amide bonds. The van der Waals surface area contributed by atoms with Gasteiger partial charge in [0.25, 0.3) is 0 Å². The zero-order chi connectivity index (χ0) is 22.1. The predicted octanol–water partition coefficient (Wildman–Crippen LogP) is 6.15. The monoisotopic (exact) mass is 442 g/mol. The molecule has 0 saturated heterocycles. The van der Waals surface area contributed by atoms with Crippen LogP contribution in [0.2, 0.25) is 0 Å². The fourth-order valence-electron chi connectivity index (χ4n) is 3.41. The Morgan fingerprint density at radius 3 is 2.81 bits per heavy atom. The van der Waals surface area contributed by atoms with Gasteiger partial charge in [-0.05, 0) is 43.3 Å². The molecule has 0 bridgehead atoms. The summed E-state index contributed by atoms with van der Waals surface area (Å²) < 4.78 is 6.83. The summed E-state index contributed by atoms with van der Waals surface area (Å²) in [5, 5.41) is 19.3. The van der Waals surface area contributed by atoms with E-state index < -0.39 is 5.91 Å². The van der Waals surface area contributed by atoms with Crippen molar-refractivity contribution < 1.29 is 14.6 Å². The molecule has 0 spiro atoms. The third-order valence-electron chi connectivity index (χ3n) is 4.93. The molecule has 2 heterocycles. The Balaban J connectivity index is 1.34. The van der Waals surface area contributed by atoms with E-state index in [1.54, 1.807) is 17.4 Å². The lowest BCUT2D eigenvalue weighted by Crippen LogP contribution is -2.08. The molecular weight excluding hydrogens is 424 g/mol. The molecule has 0 saturated carbocycles. The molecular formula is C24H18N4O3S. The quantitative estimate of drug-likeness (QED) is 0.319. The Morgan fingerprint density at radius 2 is 1.94 bits per heavy atom. The minimum atomic E-state index is -0.564. The van der Waals surface area contributed by atoms with Gasteiger partial charge < -0.3 is 14.8 Å². The maximum atomic E-state index is 12.3. The number of carbonyl (C=O) groups is 1. The van der Waals surface area contributed by atoms with Crippen molar-refractivity contribution in [2.45, 2.75) is 6.92 Å². The van der Waals surface area contributed by atoms with Crippen LogP contribution in [0.5, 0.6) is 11.6 Å². The molecule has 3 aromatic carbocycles. The molecule has 7 nitrogen and oxygen atoms in total. The first-order valence-electron chi connectivity index (χ1n) is 9.92. The van der Waals surface area contributed by atoms with Gasteiger partial charge in [0.05, 0.1) is 21.3 Å². The van der Waals surface area contributed by atoms with Gasteiger partial charge in [-0.25, -0.2) is 4.98 Å². The first-order chi connectivity index (χ1) is 15.6. The molecule has 0 fully saturated rings. The number of nitrogens with zero attached hydrogens (tertiary/aromatic N) is 3. The Bertz CT molecular complexity index is 1450. The second-order valence-corrected chi connectivity index (χ2v) is 8.27. The zero-order valence-corrected chi connectivity index (χ0v) is 17.9. The largest absolute Gasteiger partial charge is 0.493 e. The summed E-state index contributed by atoms with van der Waals surface area (Å²) in [4.78, 5) is 19.8. The van der Waals surface area contributed by atoms with Crippen molar-refractivity contribution in [2.24, 2.45) is 10.2 Å². The molecule has 0 aliphatic heterocycles. The van der Waals surface area contributed by atoms with E-state index in [1.165, 1.54) is 0 Å². The van der Waals surface area contributed by atoms with E-state index in [-0.39, 0.29) is 18.2 Å². The number of nitrogens with one attached hydrogen (secondary N) is 1. The van der Waals surface area contributed by atoms with Crippen LogP contribution in [0, 0.1) is 6.92 Å². The van der Waals surface area contributed by atoms with Crippen LogP contribution in [0.25, 0.3) is 31.7 Å². The Labute approximate surface area is 187 Å². The highest BCUT2D eigenvalue weighted by molar-refractivity contribution is 7.21. The van der Waals surface area contributed by atoms with E-state index in [4.69, 9.17) is 4.74 Å². The van der Waals surface area contributed by atoms with Crippen molar-refractivity contribution in [1.82, 2.24) is 9.97 Å². The highest BCUT2D eigenvalue weighted by Crippen LogP contribution is 2.37. The van der Waals surface area contributed by atoms with Crippen molar-refractivity contribution in [3.63, 3.8) is 0 Å². The zero-order valence-electron chi connectivity index (χ0n) is 17.1. The van der Waals surface area contributed by atoms with Crippen LogP contribution in [0.4, 0.5) is 5.69 Å². The van der Waals surface area contributed by atoms with Crippen molar-refractivity contribution in [1.29, 1.82) is 0 Å². The van der Waals surface area contributed by atoms with Crippen LogP contribution in [-0.4, -0.2) is 27.6 Å². The van der Waals surface area contributed by atoms with E-state index in [2.05, 4.69) is 20.2 Å². The summed E-state index contributed by atoms with van der Waals surface area (Å²) in [6.45, 7) is 1.65. The van der Waals surface area contributed by atoms with Gasteiger partial charge in [-0.15, -0.1) is 21.6 Å². The number of amides is 1. The van der Waals surface area contributed by atoms with E-state index in [0.29, 0.717) is 11.1 Å². The molecule has 0 radical (unpaired) electrons. The standard InChI is InChI=1S/C24H18N4O3S/c1-14-10-11-17-16(12-14)22(23(30)25-17)28-27-21(29)13-31-19-8-4-2-6-15(19)24-26-18-7-3-5-9-20(18)32-24/h2-12,25,30H,13H2,1H3. The van der Waals surface area contributed by atoms with Crippen molar-refractivity contribution in [3.8, 4) is 22.2 Å². The minimum Gasteiger partial charge on any atom is -0.493 e. The fourth-order valence-corrected chi connectivity index (χ4v) is 4.41. The average molecular weight is 443 g/mol. The number of hydrogen-bond acceptors (Lipinski definition) is 6. The van der Waals surface area contributed by atoms with Crippen LogP contribution < -0.4 is 4.74 Å². The highest BCUT2D eigenvalue weighted by atomic mass is 32.1. The lowest BCUT2D eigenvalue weighted by molar-refractivity contribution is -0.120. The first-order valence-corrected chi connectivity index (χ1v) is 10.7. The summed E-state index contributed by atoms with van der Waals surface area (Å²) >= 11 is 1.56. The summed E-state index contributed by atoms with van der Waals surface area (Å²) in [6, 6.07) is 21.0. The van der Waals surface area contributed by atoms with Gasteiger partial charge in [0.2, 0.25) is 5.88 Å². The molecule has 0 atom stereocenters. The third-order valence-corrected chi connectivity index (χ3v) is 6.00. The molecule has 0 aliphatic carbocycles. The Hall–Kier alpha value is -4.04. The third kappa shape index (κ3) is 3.83. The molecule has 2 aromatic heterocycles. The number of H-pyrrole nitrogens is 1. The average Bonchev–Trinajstić information content (AvgIpc) is 3.36. The van der Waals surface area contributed by atoms with E-state index in [1.807, 2.05) is 67.6 Å². The number of ether oxygens (including phenoxy) is 1. The molecule has 32 heavy (non-hydrogen) atoms. The molecule has 8 heteroatoms. The lowest BCUT2D eigenvalue weighted by Gasteiger charge is -2.07. The number of rotatable bonds is 5. The summed E-state index contributed by atoms with van der Waals surface area (Å²) in [7, 11) is 0. The number of hydrogen-bond donors (Lipinski definition) is 2. The first kappa shape index (κ1) is 19.9. The number of aromatic hydroxyl groups is 1. The molecule has 158 valence electrons. The number of aromatic nitrogens is 2. The molecule has 0 aliphatic rings. The number of aryl methyl sites for hydroxylation is 1. The second-order valence-electron chi connectivity index (χ2n) is 7.24. The van der Waals surface area contributed by atoms with Crippen LogP contribution in [0.1, 0.15) is 5.56 Å².